The van der Waals surface area contributed by atoms with Crippen molar-refractivity contribution >= 4 is 22.9 Å². The largest absolute Gasteiger partial charge is 0.497 e. The minimum atomic E-state index is -0.272. The van der Waals surface area contributed by atoms with Crippen molar-refractivity contribution in [1.29, 1.82) is 0 Å². The summed E-state index contributed by atoms with van der Waals surface area (Å²) in [6, 6.07) is 7.55. The summed E-state index contributed by atoms with van der Waals surface area (Å²) in [6.07, 6.45) is 3.04. The third kappa shape index (κ3) is 3.32. The van der Waals surface area contributed by atoms with E-state index in [-0.39, 0.29) is 12.0 Å². The Morgan fingerprint density at radius 3 is 2.63 bits per heavy atom. The van der Waals surface area contributed by atoms with Gasteiger partial charge in [-0.2, -0.15) is 4.68 Å². The molecular formula is C20H23N7O3. The van der Waals surface area contributed by atoms with Crippen LogP contribution >= 0.6 is 0 Å². The van der Waals surface area contributed by atoms with Gasteiger partial charge in [-0.25, -0.2) is 9.97 Å². The van der Waals surface area contributed by atoms with E-state index in [4.69, 9.17) is 9.47 Å². The van der Waals surface area contributed by atoms with Crippen LogP contribution in [0.4, 0.5) is 5.82 Å². The molecule has 2 aromatic heterocycles. The van der Waals surface area contributed by atoms with Crippen LogP contribution in [0.2, 0.25) is 0 Å². The molecule has 0 bridgehead atoms. The fourth-order valence-corrected chi connectivity index (χ4v) is 3.98. The van der Waals surface area contributed by atoms with E-state index in [1.54, 1.807) is 11.8 Å². The predicted molar refractivity (Wildman–Crippen MR) is 109 cm³/mol. The lowest BCUT2D eigenvalue weighted by molar-refractivity contribution is -0.141. The normalized spacial score (nSPS) is 19.4. The van der Waals surface area contributed by atoms with Gasteiger partial charge in [-0.1, -0.05) is 5.21 Å². The Labute approximate surface area is 173 Å². The van der Waals surface area contributed by atoms with Crippen molar-refractivity contribution < 1.29 is 14.3 Å². The maximum Gasteiger partial charge on any atom is 0.251 e. The summed E-state index contributed by atoms with van der Waals surface area (Å²) in [5, 5.41) is 8.63. The molecule has 0 spiro atoms. The number of aromatic nitrogens is 5. The van der Waals surface area contributed by atoms with Crippen LogP contribution < -0.4 is 9.64 Å². The Hall–Kier alpha value is -3.27. The molecule has 0 aliphatic carbocycles. The summed E-state index contributed by atoms with van der Waals surface area (Å²) in [5.41, 5.74) is 2.13. The number of anilines is 1. The molecule has 10 nitrogen and oxygen atoms in total. The summed E-state index contributed by atoms with van der Waals surface area (Å²) >= 11 is 0. The Kier molecular flexibility index (Phi) is 4.91. The molecule has 2 saturated heterocycles. The topological polar surface area (TPSA) is 98.5 Å². The second-order valence-electron chi connectivity index (χ2n) is 7.38. The first-order chi connectivity index (χ1) is 14.7. The number of fused-ring (bicyclic) bond motifs is 1. The number of hydrogen-bond donors (Lipinski definition) is 0. The van der Waals surface area contributed by atoms with Gasteiger partial charge in [-0.05, 0) is 37.1 Å². The number of carbonyl (C=O) groups excluding carboxylic acids is 1. The fourth-order valence-electron chi connectivity index (χ4n) is 3.98. The molecular weight excluding hydrogens is 386 g/mol. The zero-order valence-corrected chi connectivity index (χ0v) is 16.8. The van der Waals surface area contributed by atoms with Crippen LogP contribution in [0.1, 0.15) is 12.8 Å². The van der Waals surface area contributed by atoms with Crippen molar-refractivity contribution in [1.82, 2.24) is 29.9 Å². The molecule has 156 valence electrons. The Morgan fingerprint density at radius 1 is 1.13 bits per heavy atom. The molecule has 0 radical (unpaired) electrons. The third-order valence-electron chi connectivity index (χ3n) is 5.63. The van der Waals surface area contributed by atoms with Crippen molar-refractivity contribution in [2.24, 2.45) is 0 Å². The number of ether oxygens (including phenoxy) is 2. The highest BCUT2D eigenvalue weighted by Crippen LogP contribution is 2.25. The van der Waals surface area contributed by atoms with E-state index in [1.165, 1.54) is 6.33 Å². The lowest BCUT2D eigenvalue weighted by Crippen LogP contribution is -2.51. The molecule has 2 fully saturated rings. The summed E-state index contributed by atoms with van der Waals surface area (Å²) in [7, 11) is 1.63. The van der Waals surface area contributed by atoms with Crippen molar-refractivity contribution in [3.05, 3.63) is 30.6 Å². The van der Waals surface area contributed by atoms with Crippen LogP contribution in [-0.2, 0) is 9.53 Å². The van der Waals surface area contributed by atoms with E-state index >= 15 is 0 Å². The summed E-state index contributed by atoms with van der Waals surface area (Å²) in [4.78, 5) is 25.5. The molecule has 1 aromatic carbocycles. The average molecular weight is 409 g/mol. The molecule has 0 saturated carbocycles. The average Bonchev–Trinajstić information content (AvgIpc) is 3.49. The van der Waals surface area contributed by atoms with E-state index in [0.717, 1.165) is 30.1 Å². The molecule has 1 amide bonds. The quantitative estimate of drug-likeness (QED) is 0.631. The molecule has 1 atom stereocenters. The third-order valence-corrected chi connectivity index (χ3v) is 5.63. The highest BCUT2D eigenvalue weighted by atomic mass is 16.5. The molecule has 1 unspecified atom stereocenters. The van der Waals surface area contributed by atoms with E-state index in [2.05, 4.69) is 25.2 Å². The number of benzene rings is 1. The van der Waals surface area contributed by atoms with Crippen LogP contribution in [0.25, 0.3) is 16.9 Å². The monoisotopic (exact) mass is 409 g/mol. The van der Waals surface area contributed by atoms with Crippen molar-refractivity contribution in [2.45, 2.75) is 18.9 Å². The van der Waals surface area contributed by atoms with Crippen LogP contribution in [-0.4, -0.2) is 81.8 Å². The zero-order chi connectivity index (χ0) is 20.5. The minimum Gasteiger partial charge on any atom is -0.497 e. The smallest absolute Gasteiger partial charge is 0.251 e. The van der Waals surface area contributed by atoms with E-state index in [9.17, 15) is 4.79 Å². The number of hydrogen-bond acceptors (Lipinski definition) is 8. The van der Waals surface area contributed by atoms with Crippen molar-refractivity contribution in [3.63, 3.8) is 0 Å². The summed E-state index contributed by atoms with van der Waals surface area (Å²) in [6.45, 7) is 3.31. The number of amides is 1. The lowest BCUT2D eigenvalue weighted by atomic mass is 10.2. The molecule has 0 N–H and O–H groups in total. The highest BCUT2D eigenvalue weighted by molar-refractivity contribution is 5.84. The van der Waals surface area contributed by atoms with Crippen LogP contribution in [0.5, 0.6) is 5.75 Å². The van der Waals surface area contributed by atoms with Crippen molar-refractivity contribution in [2.75, 3.05) is 44.8 Å². The number of nitrogens with zero attached hydrogens (tertiary/aromatic N) is 7. The van der Waals surface area contributed by atoms with E-state index in [0.29, 0.717) is 43.9 Å². The molecule has 3 aromatic rings. The standard InChI is InChI=1S/C20H23N7O3/c1-29-15-6-4-14(5-7-15)27-19-17(23-24-27)18(21-13-22-19)25-8-10-26(11-9-25)20(28)16-3-2-12-30-16/h4-7,13,16H,2-3,8-12H2,1H3. The Bertz CT molecular complexity index is 1040. The van der Waals surface area contributed by atoms with Gasteiger partial charge in [0.15, 0.2) is 17.0 Å². The minimum absolute atomic E-state index is 0.102. The second kappa shape index (κ2) is 7.86. The van der Waals surface area contributed by atoms with E-state index in [1.807, 2.05) is 29.2 Å². The lowest BCUT2D eigenvalue weighted by Gasteiger charge is -2.36. The van der Waals surface area contributed by atoms with E-state index < -0.39 is 0 Å². The fraction of sp³-hybridized carbons (Fsp3) is 0.450. The van der Waals surface area contributed by atoms with Gasteiger partial charge in [0.2, 0.25) is 0 Å². The molecule has 30 heavy (non-hydrogen) atoms. The molecule has 2 aliphatic rings. The van der Waals surface area contributed by atoms with Crippen LogP contribution in [0.15, 0.2) is 30.6 Å². The SMILES string of the molecule is COc1ccc(-n2nnc3c(N4CCN(C(=O)C5CCCO5)CC4)ncnc32)cc1. The summed E-state index contributed by atoms with van der Waals surface area (Å²) < 4.78 is 12.5. The first-order valence-electron chi connectivity index (χ1n) is 10.1. The summed E-state index contributed by atoms with van der Waals surface area (Å²) in [5.74, 6) is 1.61. The number of carbonyl (C=O) groups is 1. The van der Waals surface area contributed by atoms with Gasteiger partial charge in [0.1, 0.15) is 18.2 Å². The Morgan fingerprint density at radius 2 is 1.93 bits per heavy atom. The van der Waals surface area contributed by atoms with Crippen molar-refractivity contribution in [3.8, 4) is 11.4 Å². The van der Waals surface area contributed by atoms with Gasteiger partial charge >= 0.3 is 0 Å². The predicted octanol–water partition coefficient (Wildman–Crippen LogP) is 1.05. The highest BCUT2D eigenvalue weighted by Gasteiger charge is 2.31. The maximum absolute atomic E-state index is 12.6. The first-order valence-corrected chi connectivity index (χ1v) is 10.1. The number of methoxy groups -OCH3 is 1. The molecule has 10 heteroatoms. The molecule has 4 heterocycles. The van der Waals surface area contributed by atoms with Crippen LogP contribution in [0, 0.1) is 0 Å². The molecule has 2 aliphatic heterocycles. The zero-order valence-electron chi connectivity index (χ0n) is 16.8. The maximum atomic E-state index is 12.6. The molecule has 5 rings (SSSR count). The Balaban J connectivity index is 1.35. The van der Waals surface area contributed by atoms with Crippen LogP contribution in [0.3, 0.4) is 0 Å². The number of rotatable bonds is 4. The van der Waals surface area contributed by atoms with Gasteiger partial charge in [0, 0.05) is 32.8 Å². The number of piperazine rings is 1. The van der Waals surface area contributed by atoms with Gasteiger partial charge in [0.05, 0.1) is 12.8 Å². The van der Waals surface area contributed by atoms with Gasteiger partial charge in [0.25, 0.3) is 5.91 Å². The van der Waals surface area contributed by atoms with Gasteiger partial charge in [-0.3, -0.25) is 4.79 Å². The first kappa shape index (κ1) is 18.7. The van der Waals surface area contributed by atoms with Gasteiger partial charge in [-0.15, -0.1) is 5.10 Å². The second-order valence-corrected chi connectivity index (χ2v) is 7.38. The van der Waals surface area contributed by atoms with Gasteiger partial charge < -0.3 is 19.3 Å².